The standard InChI is InChI=1S/C22H34ClN3O4/c1-15(10-11-16(2)23)20(27)13-12-18-17(19(25-26-24)14-21(18)28)8-6-4-5-7-9-22(29)30-3/h4,6,11-13,15,17-21,27-28H,5,7-10,14H2,1-3H3/b6-4-,13-12+,16-11-/t15?,17-,18-,19+,20-,21-/m1/s1. The van der Waals surface area contributed by atoms with Crippen LogP contribution in [0.4, 0.5) is 0 Å². The first kappa shape index (κ1) is 26.2. The van der Waals surface area contributed by atoms with Crippen molar-refractivity contribution in [2.75, 3.05) is 7.11 Å². The van der Waals surface area contributed by atoms with Crippen LogP contribution in [0.5, 0.6) is 0 Å². The van der Waals surface area contributed by atoms with Crippen molar-refractivity contribution in [3.63, 3.8) is 0 Å². The number of azide groups is 1. The Hall–Kier alpha value is -1.79. The van der Waals surface area contributed by atoms with Crippen LogP contribution >= 0.6 is 11.6 Å². The molecule has 1 rings (SSSR count). The number of nitrogens with zero attached hydrogens (tertiary/aromatic N) is 3. The Morgan fingerprint density at radius 2 is 2.17 bits per heavy atom. The maximum Gasteiger partial charge on any atom is 0.305 e. The van der Waals surface area contributed by atoms with Gasteiger partial charge in [0.2, 0.25) is 0 Å². The number of hydrogen-bond donors (Lipinski definition) is 2. The van der Waals surface area contributed by atoms with Gasteiger partial charge in [-0.2, -0.15) is 0 Å². The zero-order valence-electron chi connectivity index (χ0n) is 18.0. The lowest BCUT2D eigenvalue weighted by atomic mass is 9.88. The molecule has 1 aliphatic rings. The molecule has 1 unspecified atom stereocenters. The molecule has 1 aliphatic carbocycles. The summed E-state index contributed by atoms with van der Waals surface area (Å²) in [4.78, 5) is 14.1. The number of esters is 1. The number of hydrogen-bond acceptors (Lipinski definition) is 5. The first-order valence-corrected chi connectivity index (χ1v) is 10.8. The molecule has 0 saturated heterocycles. The summed E-state index contributed by atoms with van der Waals surface area (Å²) in [6.07, 6.45) is 11.7. The van der Waals surface area contributed by atoms with E-state index in [0.717, 1.165) is 6.42 Å². The second kappa shape index (κ2) is 14.3. The van der Waals surface area contributed by atoms with Crippen LogP contribution in [0.2, 0.25) is 0 Å². The molecule has 1 saturated carbocycles. The normalized spacial score (nSPS) is 26.7. The van der Waals surface area contributed by atoms with Crippen LogP contribution in [0.15, 0.2) is 40.5 Å². The number of halogens is 1. The fourth-order valence-corrected chi connectivity index (χ4v) is 3.75. The molecule has 168 valence electrons. The Kier molecular flexibility index (Phi) is 12.5. The average Bonchev–Trinajstić information content (AvgIpc) is 3.00. The van der Waals surface area contributed by atoms with E-state index < -0.39 is 12.2 Å². The van der Waals surface area contributed by atoms with E-state index in [1.807, 2.05) is 31.2 Å². The van der Waals surface area contributed by atoms with Gasteiger partial charge < -0.3 is 14.9 Å². The monoisotopic (exact) mass is 439 g/mol. The summed E-state index contributed by atoms with van der Waals surface area (Å²) in [7, 11) is 1.38. The van der Waals surface area contributed by atoms with Gasteiger partial charge in [0.05, 0.1) is 19.3 Å². The molecule has 0 spiro atoms. The van der Waals surface area contributed by atoms with E-state index in [1.165, 1.54) is 7.11 Å². The Labute approximate surface area is 184 Å². The molecule has 8 heteroatoms. The molecule has 1 fully saturated rings. The van der Waals surface area contributed by atoms with Crippen molar-refractivity contribution in [1.29, 1.82) is 0 Å². The van der Waals surface area contributed by atoms with Crippen molar-refractivity contribution in [1.82, 2.24) is 0 Å². The summed E-state index contributed by atoms with van der Waals surface area (Å²) in [5.41, 5.74) is 8.87. The van der Waals surface area contributed by atoms with Gasteiger partial charge in [-0.1, -0.05) is 54.0 Å². The summed E-state index contributed by atoms with van der Waals surface area (Å²) < 4.78 is 4.62. The minimum Gasteiger partial charge on any atom is -0.469 e. The van der Waals surface area contributed by atoms with E-state index >= 15 is 0 Å². The van der Waals surface area contributed by atoms with Gasteiger partial charge in [-0.3, -0.25) is 4.79 Å². The first-order chi connectivity index (χ1) is 14.3. The summed E-state index contributed by atoms with van der Waals surface area (Å²) in [5.74, 6) is -0.473. The van der Waals surface area contributed by atoms with Crippen LogP contribution in [-0.4, -0.2) is 41.5 Å². The van der Waals surface area contributed by atoms with Gasteiger partial charge in [-0.05, 0) is 56.4 Å². The molecular weight excluding hydrogens is 406 g/mol. The lowest BCUT2D eigenvalue weighted by Gasteiger charge is -2.21. The van der Waals surface area contributed by atoms with Crippen molar-refractivity contribution in [3.05, 3.63) is 45.9 Å². The highest BCUT2D eigenvalue weighted by Crippen LogP contribution is 2.38. The maximum absolute atomic E-state index is 11.1. The molecule has 7 nitrogen and oxygen atoms in total. The lowest BCUT2D eigenvalue weighted by molar-refractivity contribution is -0.140. The molecule has 0 aliphatic heterocycles. The van der Waals surface area contributed by atoms with E-state index in [4.69, 9.17) is 17.1 Å². The Bertz CT molecular complexity index is 669. The second-order valence-electron chi connectivity index (χ2n) is 7.87. The lowest BCUT2D eigenvalue weighted by Crippen LogP contribution is -2.21. The molecule has 0 radical (unpaired) electrons. The molecule has 0 aromatic rings. The topological polar surface area (TPSA) is 116 Å². The smallest absolute Gasteiger partial charge is 0.305 e. The number of aliphatic hydroxyl groups excluding tert-OH is 2. The zero-order chi connectivity index (χ0) is 22.5. The van der Waals surface area contributed by atoms with Gasteiger partial charge in [-0.25, -0.2) is 0 Å². The average molecular weight is 440 g/mol. The molecule has 0 amide bonds. The van der Waals surface area contributed by atoms with Gasteiger partial charge in [-0.15, -0.1) is 0 Å². The number of allylic oxidation sites excluding steroid dienone is 4. The predicted molar refractivity (Wildman–Crippen MR) is 119 cm³/mol. The predicted octanol–water partition coefficient (Wildman–Crippen LogP) is 5.04. The molecular formula is C22H34ClN3O4. The number of unbranched alkanes of at least 4 members (excludes halogenated alkanes) is 1. The third-order valence-corrected chi connectivity index (χ3v) is 5.71. The van der Waals surface area contributed by atoms with Crippen molar-refractivity contribution >= 4 is 17.6 Å². The van der Waals surface area contributed by atoms with Crippen molar-refractivity contribution < 1.29 is 19.7 Å². The Balaban J connectivity index is 2.72. The maximum atomic E-state index is 11.1. The largest absolute Gasteiger partial charge is 0.469 e. The molecule has 2 N–H and O–H groups in total. The van der Waals surface area contributed by atoms with Crippen molar-refractivity contribution in [2.24, 2.45) is 22.9 Å². The van der Waals surface area contributed by atoms with E-state index in [0.29, 0.717) is 37.1 Å². The van der Waals surface area contributed by atoms with E-state index in [2.05, 4.69) is 14.8 Å². The minimum absolute atomic E-state index is 0.00502. The third-order valence-electron chi connectivity index (χ3n) is 5.55. The summed E-state index contributed by atoms with van der Waals surface area (Å²) >= 11 is 5.85. The SMILES string of the molecule is COC(=O)CCC/C=C\C[C@@H]1[C@@H](/C=C/[C@@H](O)C(C)C/C=C(/C)Cl)[C@H](O)C[C@@H]1N=[N+]=[N-]. The molecule has 6 atom stereocenters. The number of aliphatic hydroxyl groups is 2. The quantitative estimate of drug-likeness (QED) is 0.111. The fourth-order valence-electron chi connectivity index (χ4n) is 3.66. The molecule has 30 heavy (non-hydrogen) atoms. The second-order valence-corrected chi connectivity index (χ2v) is 8.47. The molecule has 0 bridgehead atoms. The highest BCUT2D eigenvalue weighted by molar-refractivity contribution is 6.29. The highest BCUT2D eigenvalue weighted by atomic mass is 35.5. The number of carbonyl (C=O) groups is 1. The Morgan fingerprint density at radius 1 is 1.43 bits per heavy atom. The summed E-state index contributed by atoms with van der Waals surface area (Å²) in [6.45, 7) is 3.74. The fraction of sp³-hybridized carbons (Fsp3) is 0.682. The van der Waals surface area contributed by atoms with Crippen LogP contribution in [0, 0.1) is 17.8 Å². The highest BCUT2D eigenvalue weighted by Gasteiger charge is 2.40. The number of methoxy groups -OCH3 is 1. The van der Waals surface area contributed by atoms with Crippen molar-refractivity contribution in [2.45, 2.75) is 70.6 Å². The van der Waals surface area contributed by atoms with E-state index in [9.17, 15) is 15.0 Å². The third kappa shape index (κ3) is 9.35. The Morgan fingerprint density at radius 3 is 2.80 bits per heavy atom. The van der Waals surface area contributed by atoms with Crippen LogP contribution in [0.3, 0.4) is 0 Å². The molecule has 0 aromatic heterocycles. The summed E-state index contributed by atoms with van der Waals surface area (Å²) in [5, 5.41) is 25.5. The van der Waals surface area contributed by atoms with E-state index in [1.54, 1.807) is 13.0 Å². The van der Waals surface area contributed by atoms with Gasteiger partial charge in [0.25, 0.3) is 0 Å². The van der Waals surface area contributed by atoms with Crippen LogP contribution in [-0.2, 0) is 9.53 Å². The van der Waals surface area contributed by atoms with Gasteiger partial charge in [0.1, 0.15) is 0 Å². The van der Waals surface area contributed by atoms with Gasteiger partial charge >= 0.3 is 5.97 Å². The molecule has 0 aromatic carbocycles. The molecule has 0 heterocycles. The number of ether oxygens (including phenoxy) is 1. The van der Waals surface area contributed by atoms with Crippen LogP contribution in [0.25, 0.3) is 10.4 Å². The number of rotatable bonds is 12. The van der Waals surface area contributed by atoms with Gasteiger partial charge in [0, 0.05) is 28.3 Å². The number of carbonyl (C=O) groups excluding carboxylic acids is 1. The van der Waals surface area contributed by atoms with Crippen molar-refractivity contribution in [3.8, 4) is 0 Å². The zero-order valence-corrected chi connectivity index (χ0v) is 18.8. The minimum atomic E-state index is -0.655. The van der Waals surface area contributed by atoms with E-state index in [-0.39, 0.29) is 29.8 Å². The first-order valence-electron chi connectivity index (χ1n) is 10.4. The van der Waals surface area contributed by atoms with Crippen LogP contribution in [0.1, 0.15) is 52.4 Å². The van der Waals surface area contributed by atoms with Crippen LogP contribution < -0.4 is 0 Å². The summed E-state index contributed by atoms with van der Waals surface area (Å²) in [6, 6.07) is -0.296. The van der Waals surface area contributed by atoms with Gasteiger partial charge in [0.15, 0.2) is 0 Å².